The lowest BCUT2D eigenvalue weighted by atomic mass is 10.1. The lowest BCUT2D eigenvalue weighted by molar-refractivity contribution is 0.251. The highest BCUT2D eigenvalue weighted by atomic mass is 16.2. The predicted octanol–water partition coefficient (Wildman–Crippen LogP) is 2.62. The number of aromatic nitrogens is 4. The normalized spacial score (nSPS) is 10.8. The van der Waals surface area contributed by atoms with Crippen molar-refractivity contribution in [2.45, 2.75) is 6.54 Å². The molecule has 4 rings (SSSR count). The molecule has 0 spiro atoms. The average Bonchev–Trinajstić information content (AvgIpc) is 3.03. The minimum Gasteiger partial charge on any atom is -0.336 e. The molecule has 8 nitrogen and oxygen atoms in total. The van der Waals surface area contributed by atoms with Crippen molar-refractivity contribution >= 4 is 22.5 Å². The molecule has 2 N–H and O–H groups in total. The summed E-state index contributed by atoms with van der Waals surface area (Å²) in [7, 11) is 1.66. The number of amides is 2. The van der Waals surface area contributed by atoms with E-state index < -0.39 is 0 Å². The number of anilines is 1. The third kappa shape index (κ3) is 3.86. The van der Waals surface area contributed by atoms with Gasteiger partial charge in [0.05, 0.1) is 12.2 Å². The Morgan fingerprint density at radius 2 is 1.90 bits per heavy atom. The molecule has 0 aliphatic carbocycles. The number of nitrogens with zero attached hydrogens (tertiary/aromatic N) is 4. The van der Waals surface area contributed by atoms with Gasteiger partial charge in [0, 0.05) is 36.9 Å². The van der Waals surface area contributed by atoms with Crippen LogP contribution in [0.1, 0.15) is 0 Å². The molecule has 2 aromatic carbocycles. The van der Waals surface area contributed by atoms with Crippen LogP contribution in [0, 0.1) is 0 Å². The number of fused-ring (bicyclic) bond motifs is 1. The van der Waals surface area contributed by atoms with Crippen LogP contribution in [0.15, 0.2) is 71.8 Å². The van der Waals surface area contributed by atoms with E-state index in [0.29, 0.717) is 5.82 Å². The van der Waals surface area contributed by atoms with Gasteiger partial charge < -0.3 is 10.6 Å². The first-order chi connectivity index (χ1) is 14.1. The van der Waals surface area contributed by atoms with Crippen LogP contribution in [-0.4, -0.2) is 31.9 Å². The van der Waals surface area contributed by atoms with Crippen LogP contribution in [0.3, 0.4) is 0 Å². The van der Waals surface area contributed by atoms with E-state index in [1.165, 1.54) is 9.25 Å². The zero-order valence-electron chi connectivity index (χ0n) is 15.9. The Balaban J connectivity index is 1.40. The molecule has 4 aromatic rings. The van der Waals surface area contributed by atoms with E-state index in [9.17, 15) is 9.59 Å². The first-order valence-corrected chi connectivity index (χ1v) is 9.20. The highest BCUT2D eigenvalue weighted by molar-refractivity contribution is 6.01. The minimum absolute atomic E-state index is 0.250. The van der Waals surface area contributed by atoms with Gasteiger partial charge in [-0.1, -0.05) is 36.4 Å². The minimum atomic E-state index is -0.335. The first kappa shape index (κ1) is 18.4. The van der Waals surface area contributed by atoms with Crippen LogP contribution < -0.4 is 16.3 Å². The van der Waals surface area contributed by atoms with Crippen molar-refractivity contribution in [3.63, 3.8) is 0 Å². The maximum absolute atomic E-state index is 12.4. The van der Waals surface area contributed by atoms with Gasteiger partial charge in [0.15, 0.2) is 5.82 Å². The van der Waals surface area contributed by atoms with Crippen molar-refractivity contribution in [2.24, 2.45) is 7.05 Å². The van der Waals surface area contributed by atoms with Gasteiger partial charge >= 0.3 is 11.7 Å². The average molecular weight is 388 g/mol. The maximum Gasteiger partial charge on any atom is 0.345 e. The van der Waals surface area contributed by atoms with Crippen molar-refractivity contribution < 1.29 is 4.79 Å². The fraction of sp³-hybridized carbons (Fsp3) is 0.143. The van der Waals surface area contributed by atoms with Crippen LogP contribution in [0.2, 0.25) is 0 Å². The van der Waals surface area contributed by atoms with Crippen molar-refractivity contribution in [3.05, 3.63) is 77.5 Å². The summed E-state index contributed by atoms with van der Waals surface area (Å²) in [4.78, 5) is 28.7. The molecular formula is C21H20N6O2. The second kappa shape index (κ2) is 7.97. The number of hydrogen-bond donors (Lipinski definition) is 2. The van der Waals surface area contributed by atoms with E-state index in [1.54, 1.807) is 25.5 Å². The van der Waals surface area contributed by atoms with E-state index in [0.717, 1.165) is 22.0 Å². The SMILES string of the molecule is Cn1c(-c2cccnc2)nn(CCNC(=O)Nc2cccc3ccccc23)c1=O. The molecule has 0 aliphatic heterocycles. The third-order valence-electron chi connectivity index (χ3n) is 4.61. The number of hydrogen-bond acceptors (Lipinski definition) is 4. The van der Waals surface area contributed by atoms with Gasteiger partial charge in [-0.2, -0.15) is 0 Å². The molecule has 0 aliphatic rings. The van der Waals surface area contributed by atoms with Gasteiger partial charge in [0.1, 0.15) is 0 Å². The lowest BCUT2D eigenvalue weighted by Crippen LogP contribution is -2.34. The number of pyridine rings is 1. The monoisotopic (exact) mass is 388 g/mol. The molecule has 2 aromatic heterocycles. The molecule has 2 amide bonds. The van der Waals surface area contributed by atoms with Crippen LogP contribution in [-0.2, 0) is 13.6 Å². The Bertz CT molecular complexity index is 1210. The summed E-state index contributed by atoms with van der Waals surface area (Å²) in [5, 5.41) is 12.0. The highest BCUT2D eigenvalue weighted by Gasteiger charge is 2.12. The maximum atomic E-state index is 12.4. The number of nitrogens with one attached hydrogen (secondary N) is 2. The zero-order chi connectivity index (χ0) is 20.2. The first-order valence-electron chi connectivity index (χ1n) is 9.20. The standard InChI is InChI=1S/C21H20N6O2/c1-26-19(16-8-5-11-22-14-16)25-27(21(26)29)13-12-23-20(28)24-18-10-4-7-15-6-2-3-9-17(15)18/h2-11,14H,12-13H2,1H3,(H2,23,24,28). The fourth-order valence-electron chi connectivity index (χ4n) is 3.16. The van der Waals surface area contributed by atoms with Gasteiger partial charge in [0.25, 0.3) is 0 Å². The van der Waals surface area contributed by atoms with E-state index in [-0.39, 0.29) is 24.8 Å². The number of carbonyl (C=O) groups is 1. The molecule has 0 saturated heterocycles. The van der Waals surface area contributed by atoms with E-state index in [2.05, 4.69) is 20.7 Å². The van der Waals surface area contributed by atoms with E-state index in [4.69, 9.17) is 0 Å². The fourth-order valence-corrected chi connectivity index (χ4v) is 3.16. The van der Waals surface area contributed by atoms with Gasteiger partial charge in [-0.05, 0) is 23.6 Å². The smallest absolute Gasteiger partial charge is 0.336 e. The van der Waals surface area contributed by atoms with Crippen molar-refractivity contribution in [1.82, 2.24) is 24.6 Å². The molecule has 8 heteroatoms. The Labute approximate surface area is 166 Å². The summed E-state index contributed by atoms with van der Waals surface area (Å²) >= 11 is 0. The molecule has 0 atom stereocenters. The summed E-state index contributed by atoms with van der Waals surface area (Å²) < 4.78 is 2.80. The number of carbonyl (C=O) groups excluding carboxylic acids is 1. The van der Waals surface area contributed by atoms with Crippen molar-refractivity contribution in [3.8, 4) is 11.4 Å². The summed E-state index contributed by atoms with van der Waals surface area (Å²) in [6.07, 6.45) is 3.32. The number of benzene rings is 2. The Hall–Kier alpha value is -3.94. The van der Waals surface area contributed by atoms with Crippen molar-refractivity contribution in [1.29, 1.82) is 0 Å². The predicted molar refractivity (Wildman–Crippen MR) is 112 cm³/mol. The van der Waals surface area contributed by atoms with E-state index >= 15 is 0 Å². The van der Waals surface area contributed by atoms with Gasteiger partial charge in [0.2, 0.25) is 0 Å². The highest BCUT2D eigenvalue weighted by Crippen LogP contribution is 2.22. The van der Waals surface area contributed by atoms with Crippen LogP contribution in [0.5, 0.6) is 0 Å². The van der Waals surface area contributed by atoms with Gasteiger partial charge in [-0.3, -0.25) is 9.55 Å². The molecule has 0 bridgehead atoms. The second-order valence-corrected chi connectivity index (χ2v) is 6.54. The molecule has 0 fully saturated rings. The molecule has 146 valence electrons. The summed E-state index contributed by atoms with van der Waals surface area (Å²) in [5.41, 5.74) is 1.24. The molecule has 29 heavy (non-hydrogen) atoms. The topological polar surface area (TPSA) is 93.8 Å². The number of urea groups is 1. The number of rotatable bonds is 5. The molecule has 0 saturated carbocycles. The van der Waals surface area contributed by atoms with Gasteiger partial charge in [-0.25, -0.2) is 14.3 Å². The van der Waals surface area contributed by atoms with E-state index in [1.807, 2.05) is 48.5 Å². The largest absolute Gasteiger partial charge is 0.345 e. The Kier molecular flexibility index (Phi) is 5.07. The lowest BCUT2D eigenvalue weighted by Gasteiger charge is -2.10. The zero-order valence-corrected chi connectivity index (χ0v) is 15.9. The Morgan fingerprint density at radius 3 is 2.72 bits per heavy atom. The van der Waals surface area contributed by atoms with Crippen LogP contribution in [0.25, 0.3) is 22.2 Å². The quantitative estimate of drug-likeness (QED) is 0.550. The van der Waals surface area contributed by atoms with Crippen molar-refractivity contribution in [2.75, 3.05) is 11.9 Å². The van der Waals surface area contributed by atoms with Crippen LogP contribution in [0.4, 0.5) is 10.5 Å². The van der Waals surface area contributed by atoms with Crippen LogP contribution >= 0.6 is 0 Å². The van der Waals surface area contributed by atoms with Gasteiger partial charge in [-0.15, -0.1) is 5.10 Å². The summed E-state index contributed by atoms with van der Waals surface area (Å²) in [5.74, 6) is 0.531. The summed E-state index contributed by atoms with van der Waals surface area (Å²) in [6.45, 7) is 0.524. The summed E-state index contributed by atoms with van der Waals surface area (Å²) in [6, 6.07) is 16.9. The Morgan fingerprint density at radius 1 is 1.07 bits per heavy atom. The molecule has 0 unspecified atom stereocenters. The molecule has 0 radical (unpaired) electrons. The third-order valence-corrected chi connectivity index (χ3v) is 4.61. The second-order valence-electron chi connectivity index (χ2n) is 6.54. The molecular weight excluding hydrogens is 368 g/mol. The molecule has 2 heterocycles.